The normalized spacial score (nSPS) is 16.0. The van der Waals surface area contributed by atoms with E-state index in [2.05, 4.69) is 5.43 Å². The lowest BCUT2D eigenvalue weighted by Gasteiger charge is -2.40. The summed E-state index contributed by atoms with van der Waals surface area (Å²) >= 11 is 0. The largest absolute Gasteiger partial charge is 0.294 e. The molecule has 0 saturated carbocycles. The molecule has 0 saturated heterocycles. The summed E-state index contributed by atoms with van der Waals surface area (Å²) in [4.78, 5) is 25.7. The van der Waals surface area contributed by atoms with Crippen LogP contribution in [0.1, 0.15) is 52.0 Å². The van der Waals surface area contributed by atoms with Gasteiger partial charge in [-0.1, -0.05) is 76.1 Å². The molecular weight excluding hydrogens is 418 g/mol. The average Bonchev–Trinajstić information content (AvgIpc) is 2.73. The van der Waals surface area contributed by atoms with Crippen LogP contribution in [0.4, 0.5) is 0 Å². The summed E-state index contributed by atoms with van der Waals surface area (Å²) in [7, 11) is -3.93. The summed E-state index contributed by atoms with van der Waals surface area (Å²) in [5.74, 6) is 1.32. The maximum atomic E-state index is 13.3. The number of hydrazine groups is 1. The highest BCUT2D eigenvalue weighted by molar-refractivity contribution is 7.92. The van der Waals surface area contributed by atoms with Crippen molar-refractivity contribution in [3.05, 3.63) is 42.0 Å². The van der Waals surface area contributed by atoms with Crippen LogP contribution in [0, 0.1) is 17.8 Å². The van der Waals surface area contributed by atoms with Gasteiger partial charge in [-0.3, -0.25) is 20.2 Å². The third-order valence-corrected chi connectivity index (χ3v) is 7.47. The molecule has 0 aliphatic heterocycles. The maximum absolute atomic E-state index is 13.3. The Hall–Kier alpha value is -2.23. The molecule has 31 heavy (non-hydrogen) atoms. The van der Waals surface area contributed by atoms with Crippen molar-refractivity contribution in [2.24, 2.45) is 23.6 Å². The number of hydrogen-bond acceptors (Lipinski definition) is 6. The standard InChI is InChI=1S/C22H35N3O5S/c1-5-6-13-22(31(4,29)30,14-12-17-10-8-7-9-11-17)19(21(27)25-28)18(15-16(2)3)20(26)24-23/h7-12,14,16,18-19,28H,5-6,13,15,23H2,1-4H3,(H,24,26)(H,25,27)/b14-12+/t18-,19+,22?/m1/s1. The second-order valence-electron chi connectivity index (χ2n) is 8.27. The van der Waals surface area contributed by atoms with E-state index >= 15 is 0 Å². The molecule has 0 bridgehead atoms. The van der Waals surface area contributed by atoms with Gasteiger partial charge in [0.2, 0.25) is 11.8 Å². The van der Waals surface area contributed by atoms with Gasteiger partial charge in [0.1, 0.15) is 4.75 Å². The number of nitrogens with two attached hydrogens (primary N) is 1. The van der Waals surface area contributed by atoms with Crippen molar-refractivity contribution >= 4 is 27.7 Å². The summed E-state index contributed by atoms with van der Waals surface area (Å²) in [6.45, 7) is 5.63. The van der Waals surface area contributed by atoms with Crippen molar-refractivity contribution in [1.29, 1.82) is 0 Å². The van der Waals surface area contributed by atoms with Crippen LogP contribution in [0.25, 0.3) is 6.08 Å². The molecule has 1 aromatic rings. The number of carbonyl (C=O) groups is 2. The molecule has 8 nitrogen and oxygen atoms in total. The van der Waals surface area contributed by atoms with Gasteiger partial charge in [0, 0.05) is 6.26 Å². The van der Waals surface area contributed by atoms with Gasteiger partial charge in [-0.2, -0.15) is 0 Å². The molecule has 0 radical (unpaired) electrons. The highest BCUT2D eigenvalue weighted by Crippen LogP contribution is 2.41. The van der Waals surface area contributed by atoms with Crippen LogP contribution in [-0.2, 0) is 19.4 Å². The van der Waals surface area contributed by atoms with Crippen LogP contribution in [0.15, 0.2) is 36.4 Å². The first-order valence-electron chi connectivity index (χ1n) is 10.4. The lowest BCUT2D eigenvalue weighted by atomic mass is 9.73. The molecule has 0 fully saturated rings. The van der Waals surface area contributed by atoms with Crippen molar-refractivity contribution in [3.8, 4) is 0 Å². The van der Waals surface area contributed by atoms with E-state index in [1.54, 1.807) is 11.6 Å². The Bertz CT molecular complexity index is 855. The lowest BCUT2D eigenvalue weighted by Crippen LogP contribution is -2.56. The molecule has 0 aromatic heterocycles. The van der Waals surface area contributed by atoms with Crippen molar-refractivity contribution in [2.75, 3.05) is 6.26 Å². The number of nitrogens with one attached hydrogen (secondary N) is 2. The van der Waals surface area contributed by atoms with Crippen LogP contribution in [0.2, 0.25) is 0 Å². The molecular formula is C22H35N3O5S. The van der Waals surface area contributed by atoms with Crippen LogP contribution in [0.5, 0.6) is 0 Å². The number of sulfone groups is 1. The van der Waals surface area contributed by atoms with Gasteiger partial charge in [-0.25, -0.2) is 19.7 Å². The lowest BCUT2D eigenvalue weighted by molar-refractivity contribution is -0.142. The summed E-state index contributed by atoms with van der Waals surface area (Å²) in [5.41, 5.74) is 4.40. The van der Waals surface area contributed by atoms with E-state index in [0.717, 1.165) is 11.8 Å². The number of hydrogen-bond donors (Lipinski definition) is 4. The predicted molar refractivity (Wildman–Crippen MR) is 121 cm³/mol. The fraction of sp³-hybridized carbons (Fsp3) is 0.545. The maximum Gasteiger partial charge on any atom is 0.249 e. The Morgan fingerprint density at radius 2 is 1.81 bits per heavy atom. The van der Waals surface area contributed by atoms with E-state index in [0.29, 0.717) is 12.8 Å². The first kappa shape index (κ1) is 26.8. The second-order valence-corrected chi connectivity index (χ2v) is 10.6. The minimum Gasteiger partial charge on any atom is -0.294 e. The zero-order valence-corrected chi connectivity index (χ0v) is 19.5. The van der Waals surface area contributed by atoms with Crippen LogP contribution in [-0.4, -0.2) is 36.4 Å². The summed E-state index contributed by atoms with van der Waals surface area (Å²) in [6, 6.07) is 9.08. The third-order valence-electron chi connectivity index (χ3n) is 5.49. The number of hydroxylamine groups is 1. The number of benzene rings is 1. The number of carbonyl (C=O) groups excluding carboxylic acids is 2. The zero-order valence-electron chi connectivity index (χ0n) is 18.7. The fourth-order valence-electron chi connectivity index (χ4n) is 3.96. The number of amides is 2. The molecule has 1 unspecified atom stereocenters. The first-order valence-corrected chi connectivity index (χ1v) is 12.3. The molecule has 0 heterocycles. The fourth-order valence-corrected chi connectivity index (χ4v) is 5.52. The second kappa shape index (κ2) is 12.0. The molecule has 2 amide bonds. The Morgan fingerprint density at radius 1 is 1.19 bits per heavy atom. The van der Waals surface area contributed by atoms with E-state index in [-0.39, 0.29) is 18.8 Å². The summed E-state index contributed by atoms with van der Waals surface area (Å²) in [6.07, 6.45) is 5.69. The molecule has 9 heteroatoms. The van der Waals surface area contributed by atoms with Gasteiger partial charge in [0.15, 0.2) is 9.84 Å². The minimum absolute atomic E-state index is 0.0298. The summed E-state index contributed by atoms with van der Waals surface area (Å²) in [5, 5.41) is 9.50. The minimum atomic E-state index is -3.93. The third kappa shape index (κ3) is 6.88. The predicted octanol–water partition coefficient (Wildman–Crippen LogP) is 2.45. The average molecular weight is 454 g/mol. The molecule has 1 aromatic carbocycles. The van der Waals surface area contributed by atoms with E-state index in [9.17, 15) is 23.2 Å². The monoisotopic (exact) mass is 453 g/mol. The first-order chi connectivity index (χ1) is 14.5. The van der Waals surface area contributed by atoms with Gasteiger partial charge in [0.25, 0.3) is 0 Å². The van der Waals surface area contributed by atoms with Crippen molar-refractivity contribution in [3.63, 3.8) is 0 Å². The summed E-state index contributed by atoms with van der Waals surface area (Å²) < 4.78 is 24.8. The molecule has 174 valence electrons. The highest BCUT2D eigenvalue weighted by Gasteiger charge is 2.53. The molecule has 0 spiro atoms. The van der Waals surface area contributed by atoms with E-state index in [4.69, 9.17) is 5.84 Å². The molecule has 3 atom stereocenters. The van der Waals surface area contributed by atoms with Crippen LogP contribution in [0.3, 0.4) is 0 Å². The molecule has 0 aliphatic rings. The van der Waals surface area contributed by atoms with Crippen molar-refractivity contribution < 1.29 is 23.2 Å². The van der Waals surface area contributed by atoms with Gasteiger partial charge >= 0.3 is 0 Å². The Morgan fingerprint density at radius 3 is 2.26 bits per heavy atom. The van der Waals surface area contributed by atoms with Crippen molar-refractivity contribution in [1.82, 2.24) is 10.9 Å². The topological polar surface area (TPSA) is 139 Å². The molecule has 1 rings (SSSR count). The number of unbranched alkanes of at least 4 members (excludes halogenated alkanes) is 1. The van der Waals surface area contributed by atoms with Gasteiger partial charge in [-0.05, 0) is 24.3 Å². The van der Waals surface area contributed by atoms with Crippen LogP contribution < -0.4 is 16.7 Å². The Kier molecular flexibility index (Phi) is 10.4. The highest BCUT2D eigenvalue weighted by atomic mass is 32.2. The van der Waals surface area contributed by atoms with Gasteiger partial charge in [0.05, 0.1) is 11.8 Å². The Balaban J connectivity index is 3.83. The number of rotatable bonds is 12. The van der Waals surface area contributed by atoms with E-state index in [1.165, 1.54) is 6.08 Å². The molecule has 0 aliphatic carbocycles. The van der Waals surface area contributed by atoms with E-state index in [1.807, 2.05) is 51.1 Å². The quantitative estimate of drug-likeness (QED) is 0.166. The van der Waals surface area contributed by atoms with Gasteiger partial charge < -0.3 is 0 Å². The van der Waals surface area contributed by atoms with E-state index < -0.39 is 38.2 Å². The van der Waals surface area contributed by atoms with Crippen LogP contribution >= 0.6 is 0 Å². The molecule has 5 N–H and O–H groups in total. The zero-order chi connectivity index (χ0) is 23.7. The smallest absolute Gasteiger partial charge is 0.249 e. The SMILES string of the molecule is CCCCC(/C=C/c1ccccc1)([C@H](C(=O)NO)[C@@H](CC(C)C)C(=O)NN)S(C)(=O)=O. The van der Waals surface area contributed by atoms with Crippen molar-refractivity contribution in [2.45, 2.75) is 51.2 Å². The Labute approximate surface area is 185 Å². The van der Waals surface area contributed by atoms with Gasteiger partial charge in [-0.15, -0.1) is 0 Å².